The zero-order chi connectivity index (χ0) is 15.7. The van der Waals surface area contributed by atoms with Crippen LogP contribution in [0.5, 0.6) is 0 Å². The molecule has 0 bridgehead atoms. The molecule has 0 aliphatic rings. The Labute approximate surface area is 126 Å². The van der Waals surface area contributed by atoms with E-state index < -0.39 is 11.9 Å². The van der Waals surface area contributed by atoms with Gasteiger partial charge in [0.25, 0.3) is 0 Å². The number of benzene rings is 2. The van der Waals surface area contributed by atoms with Crippen LogP contribution in [0.4, 0.5) is 0 Å². The van der Waals surface area contributed by atoms with E-state index in [0.29, 0.717) is 27.9 Å². The first-order chi connectivity index (χ1) is 10.6. The van der Waals surface area contributed by atoms with Crippen LogP contribution in [0.1, 0.15) is 17.3 Å². The van der Waals surface area contributed by atoms with Crippen molar-refractivity contribution >= 4 is 16.8 Å². The van der Waals surface area contributed by atoms with Crippen molar-refractivity contribution in [2.45, 2.75) is 13.0 Å². The van der Waals surface area contributed by atoms with Gasteiger partial charge in [-0.25, -0.2) is 0 Å². The molecule has 4 heteroatoms. The number of aliphatic hydroxyl groups is 1. The third-order valence-corrected chi connectivity index (χ3v) is 3.47. The molecule has 22 heavy (non-hydrogen) atoms. The molecule has 1 heterocycles. The summed E-state index contributed by atoms with van der Waals surface area (Å²) in [6, 6.07) is 15.1. The minimum atomic E-state index is -1.12. The molecule has 0 saturated heterocycles. The summed E-state index contributed by atoms with van der Waals surface area (Å²) in [6.07, 6.45) is -1.12. The van der Waals surface area contributed by atoms with Crippen LogP contribution in [-0.2, 0) is 0 Å². The third-order valence-electron chi connectivity index (χ3n) is 3.47. The van der Waals surface area contributed by atoms with E-state index in [1.165, 1.54) is 13.0 Å². The minimum absolute atomic E-state index is 0.170. The molecule has 0 amide bonds. The summed E-state index contributed by atoms with van der Waals surface area (Å²) in [6.45, 7) is 1.41. The SMILES string of the molecule is CC(O)C(=O)c1ccccc1-c1cc(=O)c2ccccc2o1. The third kappa shape index (κ3) is 2.44. The molecule has 1 aromatic heterocycles. The number of carbonyl (C=O) groups excluding carboxylic acids is 1. The monoisotopic (exact) mass is 294 g/mol. The van der Waals surface area contributed by atoms with Gasteiger partial charge in [-0.1, -0.05) is 36.4 Å². The van der Waals surface area contributed by atoms with Crippen molar-refractivity contribution in [2.75, 3.05) is 0 Å². The maximum Gasteiger partial charge on any atom is 0.193 e. The lowest BCUT2D eigenvalue weighted by atomic mass is 9.98. The molecule has 3 rings (SSSR count). The first kappa shape index (κ1) is 14.2. The van der Waals surface area contributed by atoms with Gasteiger partial charge in [0, 0.05) is 17.2 Å². The second kappa shape index (κ2) is 5.58. The summed E-state index contributed by atoms with van der Waals surface area (Å²) in [5.74, 6) is -0.0975. The summed E-state index contributed by atoms with van der Waals surface area (Å²) < 4.78 is 5.77. The highest BCUT2D eigenvalue weighted by Crippen LogP contribution is 2.26. The van der Waals surface area contributed by atoms with Gasteiger partial charge in [-0.2, -0.15) is 0 Å². The van der Waals surface area contributed by atoms with Gasteiger partial charge < -0.3 is 9.52 Å². The van der Waals surface area contributed by atoms with Crippen LogP contribution in [0.2, 0.25) is 0 Å². The van der Waals surface area contributed by atoms with E-state index in [1.54, 1.807) is 48.5 Å². The summed E-state index contributed by atoms with van der Waals surface area (Å²) >= 11 is 0. The van der Waals surface area contributed by atoms with Crippen LogP contribution >= 0.6 is 0 Å². The summed E-state index contributed by atoms with van der Waals surface area (Å²) in [4.78, 5) is 24.3. The summed E-state index contributed by atoms with van der Waals surface area (Å²) in [5.41, 5.74) is 1.12. The molecule has 0 spiro atoms. The normalized spacial score (nSPS) is 12.3. The quantitative estimate of drug-likeness (QED) is 0.754. The maximum absolute atomic E-state index is 12.2. The lowest BCUT2D eigenvalue weighted by Gasteiger charge is -2.10. The van der Waals surface area contributed by atoms with Crippen molar-refractivity contribution in [2.24, 2.45) is 0 Å². The Kier molecular flexibility index (Phi) is 3.61. The maximum atomic E-state index is 12.2. The van der Waals surface area contributed by atoms with Crippen molar-refractivity contribution in [3.8, 4) is 11.3 Å². The fraction of sp³-hybridized carbons (Fsp3) is 0.111. The van der Waals surface area contributed by atoms with Gasteiger partial charge in [0.15, 0.2) is 11.2 Å². The largest absolute Gasteiger partial charge is 0.456 e. The standard InChI is InChI=1S/C18H14O4/c1-11(19)18(21)13-7-3-2-6-12(13)17-10-15(20)14-8-4-5-9-16(14)22-17/h2-11,19H,1H3. The number of fused-ring (bicyclic) bond motifs is 1. The van der Waals surface area contributed by atoms with E-state index in [-0.39, 0.29) is 5.43 Å². The number of carbonyl (C=O) groups is 1. The molecule has 0 aliphatic carbocycles. The second-order valence-corrected chi connectivity index (χ2v) is 5.06. The van der Waals surface area contributed by atoms with Crippen LogP contribution in [0.15, 0.2) is 63.8 Å². The Balaban J connectivity index is 2.25. The molecule has 110 valence electrons. The topological polar surface area (TPSA) is 67.5 Å². The number of aliphatic hydroxyl groups excluding tert-OH is 1. The van der Waals surface area contributed by atoms with E-state index >= 15 is 0 Å². The Bertz CT molecular complexity index is 906. The predicted molar refractivity (Wildman–Crippen MR) is 83.9 cm³/mol. The molecule has 1 unspecified atom stereocenters. The summed E-state index contributed by atoms with van der Waals surface area (Å²) in [7, 11) is 0. The van der Waals surface area contributed by atoms with Gasteiger partial charge in [0.05, 0.1) is 5.39 Å². The first-order valence-corrected chi connectivity index (χ1v) is 6.92. The van der Waals surface area contributed by atoms with Crippen molar-refractivity contribution in [3.05, 3.63) is 70.4 Å². The number of para-hydroxylation sites is 1. The highest BCUT2D eigenvalue weighted by molar-refractivity contribution is 6.04. The lowest BCUT2D eigenvalue weighted by molar-refractivity contribution is 0.0780. The molecule has 2 aromatic carbocycles. The van der Waals surface area contributed by atoms with Crippen molar-refractivity contribution < 1.29 is 14.3 Å². The first-order valence-electron chi connectivity index (χ1n) is 6.92. The smallest absolute Gasteiger partial charge is 0.193 e. The average Bonchev–Trinajstić information content (AvgIpc) is 2.54. The van der Waals surface area contributed by atoms with Crippen LogP contribution in [0.3, 0.4) is 0 Å². The van der Waals surface area contributed by atoms with Crippen molar-refractivity contribution in [1.29, 1.82) is 0 Å². The van der Waals surface area contributed by atoms with Crippen molar-refractivity contribution in [1.82, 2.24) is 0 Å². The van der Waals surface area contributed by atoms with Crippen LogP contribution in [-0.4, -0.2) is 17.0 Å². The Morgan fingerprint density at radius 1 is 1.09 bits per heavy atom. The Hall–Kier alpha value is -2.72. The van der Waals surface area contributed by atoms with E-state index in [9.17, 15) is 14.7 Å². The van der Waals surface area contributed by atoms with Crippen LogP contribution in [0, 0.1) is 0 Å². The number of Topliss-reactive ketones (excluding diaryl/α,β-unsaturated/α-hetero) is 1. The van der Waals surface area contributed by atoms with Crippen LogP contribution < -0.4 is 5.43 Å². The Morgan fingerprint density at radius 2 is 1.77 bits per heavy atom. The molecule has 0 aliphatic heterocycles. The van der Waals surface area contributed by atoms with Crippen LogP contribution in [0.25, 0.3) is 22.3 Å². The summed E-state index contributed by atoms with van der Waals surface area (Å²) in [5, 5.41) is 10.0. The number of rotatable bonds is 3. The molecule has 1 atom stereocenters. The number of hydrogen-bond acceptors (Lipinski definition) is 4. The predicted octanol–water partition coefficient (Wildman–Crippen LogP) is 3.02. The minimum Gasteiger partial charge on any atom is -0.456 e. The molecule has 0 radical (unpaired) electrons. The molecule has 3 aromatic rings. The number of ketones is 1. The van der Waals surface area contributed by atoms with Gasteiger partial charge in [0.2, 0.25) is 0 Å². The fourth-order valence-electron chi connectivity index (χ4n) is 2.37. The zero-order valence-corrected chi connectivity index (χ0v) is 11.9. The second-order valence-electron chi connectivity index (χ2n) is 5.06. The molecular weight excluding hydrogens is 280 g/mol. The van der Waals surface area contributed by atoms with E-state index in [4.69, 9.17) is 4.42 Å². The average molecular weight is 294 g/mol. The zero-order valence-electron chi connectivity index (χ0n) is 11.9. The molecule has 1 N–H and O–H groups in total. The highest BCUT2D eigenvalue weighted by Gasteiger charge is 2.18. The van der Waals surface area contributed by atoms with Gasteiger partial charge >= 0.3 is 0 Å². The van der Waals surface area contributed by atoms with E-state index in [0.717, 1.165) is 0 Å². The molecular formula is C18H14O4. The van der Waals surface area contributed by atoms with E-state index in [1.807, 2.05) is 0 Å². The number of hydrogen-bond donors (Lipinski definition) is 1. The lowest BCUT2D eigenvalue weighted by Crippen LogP contribution is -2.17. The molecule has 0 saturated carbocycles. The fourth-order valence-corrected chi connectivity index (χ4v) is 2.37. The Morgan fingerprint density at radius 3 is 2.55 bits per heavy atom. The van der Waals surface area contributed by atoms with Gasteiger partial charge in [-0.05, 0) is 19.1 Å². The highest BCUT2D eigenvalue weighted by atomic mass is 16.3. The molecule has 4 nitrogen and oxygen atoms in total. The molecule has 0 fully saturated rings. The van der Waals surface area contributed by atoms with Crippen molar-refractivity contribution in [3.63, 3.8) is 0 Å². The van der Waals surface area contributed by atoms with E-state index in [2.05, 4.69) is 0 Å². The van der Waals surface area contributed by atoms with Gasteiger partial charge in [0.1, 0.15) is 17.4 Å². The van der Waals surface area contributed by atoms with Gasteiger partial charge in [-0.15, -0.1) is 0 Å². The van der Waals surface area contributed by atoms with Gasteiger partial charge in [-0.3, -0.25) is 9.59 Å².